The maximum atomic E-state index is 8.91. The zero-order valence-corrected chi connectivity index (χ0v) is 4.90. The molecule has 4 heteroatoms. The molecule has 0 saturated carbocycles. The van der Waals surface area contributed by atoms with Gasteiger partial charge in [0.15, 0.2) is 6.29 Å². The molecular weight excluding hydrogens is 124 g/mol. The Kier molecular flexibility index (Phi) is 2.02. The standard InChI is InChI=1S/C5H10O4/c6-1-3-4(7)2-9-5(3)8/h3-8H,1-2H2/t3-,4+,5+/m1/s1. The van der Waals surface area contributed by atoms with E-state index in [0.717, 1.165) is 0 Å². The minimum atomic E-state index is -0.995. The molecule has 0 radical (unpaired) electrons. The molecule has 1 rings (SSSR count). The summed E-state index contributed by atoms with van der Waals surface area (Å²) in [6.45, 7) is -0.116. The van der Waals surface area contributed by atoms with Gasteiger partial charge in [-0.15, -0.1) is 0 Å². The van der Waals surface area contributed by atoms with E-state index >= 15 is 0 Å². The molecule has 0 amide bonds. The molecule has 54 valence electrons. The van der Waals surface area contributed by atoms with Gasteiger partial charge in [0.1, 0.15) is 0 Å². The predicted molar refractivity (Wildman–Crippen MR) is 28.5 cm³/mol. The largest absolute Gasteiger partial charge is 0.396 e. The number of aliphatic hydroxyl groups is 3. The predicted octanol–water partition coefficient (Wildman–Crippen LogP) is -1.70. The molecule has 0 aliphatic carbocycles. The number of aliphatic hydroxyl groups excluding tert-OH is 3. The lowest BCUT2D eigenvalue weighted by Crippen LogP contribution is -2.26. The van der Waals surface area contributed by atoms with E-state index in [0.29, 0.717) is 0 Å². The summed E-state index contributed by atoms with van der Waals surface area (Å²) in [5.41, 5.74) is 0. The molecule has 0 spiro atoms. The Balaban J connectivity index is 2.44. The van der Waals surface area contributed by atoms with Crippen molar-refractivity contribution in [3.63, 3.8) is 0 Å². The molecule has 1 aliphatic heterocycles. The maximum absolute atomic E-state index is 8.91. The van der Waals surface area contributed by atoms with E-state index in [1.807, 2.05) is 0 Å². The summed E-state index contributed by atoms with van der Waals surface area (Å²) >= 11 is 0. The van der Waals surface area contributed by atoms with Crippen molar-refractivity contribution in [3.05, 3.63) is 0 Å². The Bertz CT molecular complexity index is 85.0. The lowest BCUT2D eigenvalue weighted by atomic mass is 10.1. The summed E-state index contributed by atoms with van der Waals surface area (Å²) in [6.07, 6.45) is -1.71. The summed E-state index contributed by atoms with van der Waals surface area (Å²) in [6, 6.07) is 0. The lowest BCUT2D eigenvalue weighted by Gasteiger charge is -2.10. The van der Waals surface area contributed by atoms with Gasteiger partial charge >= 0.3 is 0 Å². The maximum Gasteiger partial charge on any atom is 0.162 e. The van der Waals surface area contributed by atoms with Crippen LogP contribution in [0.5, 0.6) is 0 Å². The fraction of sp³-hybridized carbons (Fsp3) is 1.00. The minimum Gasteiger partial charge on any atom is -0.396 e. The van der Waals surface area contributed by atoms with Crippen LogP contribution in [0.25, 0.3) is 0 Å². The zero-order chi connectivity index (χ0) is 6.85. The van der Waals surface area contributed by atoms with Crippen LogP contribution in [0.2, 0.25) is 0 Å². The highest BCUT2D eigenvalue weighted by atomic mass is 16.6. The van der Waals surface area contributed by atoms with Crippen LogP contribution >= 0.6 is 0 Å². The molecule has 0 aromatic heterocycles. The van der Waals surface area contributed by atoms with Crippen molar-refractivity contribution in [3.8, 4) is 0 Å². The molecule has 0 bridgehead atoms. The van der Waals surface area contributed by atoms with Crippen molar-refractivity contribution in [1.29, 1.82) is 0 Å². The van der Waals surface area contributed by atoms with Gasteiger partial charge in [-0.1, -0.05) is 0 Å². The Morgan fingerprint density at radius 1 is 1.44 bits per heavy atom. The van der Waals surface area contributed by atoms with E-state index in [-0.39, 0.29) is 13.2 Å². The molecule has 9 heavy (non-hydrogen) atoms. The van der Waals surface area contributed by atoms with Gasteiger partial charge in [0.25, 0.3) is 0 Å². The third-order valence-corrected chi connectivity index (χ3v) is 1.51. The van der Waals surface area contributed by atoms with Gasteiger partial charge in [0.05, 0.1) is 25.2 Å². The molecule has 1 heterocycles. The second-order valence-corrected chi connectivity index (χ2v) is 2.14. The van der Waals surface area contributed by atoms with Gasteiger partial charge in [0.2, 0.25) is 0 Å². The van der Waals surface area contributed by atoms with Gasteiger partial charge < -0.3 is 20.1 Å². The van der Waals surface area contributed by atoms with E-state index in [2.05, 4.69) is 4.74 Å². The molecule has 4 nitrogen and oxygen atoms in total. The van der Waals surface area contributed by atoms with E-state index in [4.69, 9.17) is 15.3 Å². The average Bonchev–Trinajstić information content (AvgIpc) is 2.12. The first-order valence-electron chi connectivity index (χ1n) is 2.84. The molecule has 1 saturated heterocycles. The van der Waals surface area contributed by atoms with E-state index in [1.165, 1.54) is 0 Å². The second kappa shape index (κ2) is 2.62. The third kappa shape index (κ3) is 1.21. The van der Waals surface area contributed by atoms with Gasteiger partial charge in [-0.25, -0.2) is 0 Å². The SMILES string of the molecule is OC[C@@H]1[C@@H](O)CO[C@@H]1O. The molecular formula is C5H10O4. The first-order valence-corrected chi connectivity index (χ1v) is 2.84. The summed E-state index contributed by atoms with van der Waals surface area (Å²) in [5.74, 6) is -0.523. The fourth-order valence-electron chi connectivity index (χ4n) is 0.846. The normalized spacial score (nSPS) is 43.7. The van der Waals surface area contributed by atoms with Gasteiger partial charge in [-0.2, -0.15) is 0 Å². The molecule has 0 aromatic rings. The smallest absolute Gasteiger partial charge is 0.162 e. The molecule has 1 fully saturated rings. The average molecular weight is 134 g/mol. The van der Waals surface area contributed by atoms with Gasteiger partial charge in [-0.05, 0) is 0 Å². The summed E-state index contributed by atoms with van der Waals surface area (Å²) < 4.78 is 4.61. The minimum absolute atomic E-state index is 0.117. The van der Waals surface area contributed by atoms with Crippen molar-refractivity contribution in [2.45, 2.75) is 12.4 Å². The molecule has 3 N–H and O–H groups in total. The topological polar surface area (TPSA) is 69.9 Å². The Morgan fingerprint density at radius 2 is 2.11 bits per heavy atom. The quantitative estimate of drug-likeness (QED) is 0.400. The van der Waals surface area contributed by atoms with Gasteiger partial charge in [0, 0.05) is 0 Å². The number of hydrogen-bond acceptors (Lipinski definition) is 4. The fourth-order valence-corrected chi connectivity index (χ4v) is 0.846. The van der Waals surface area contributed by atoms with Crippen molar-refractivity contribution in [1.82, 2.24) is 0 Å². The molecule has 0 aromatic carbocycles. The van der Waals surface area contributed by atoms with Crippen molar-refractivity contribution < 1.29 is 20.1 Å². The van der Waals surface area contributed by atoms with Crippen LogP contribution < -0.4 is 0 Å². The Labute approximate surface area is 52.7 Å². The third-order valence-electron chi connectivity index (χ3n) is 1.51. The van der Waals surface area contributed by atoms with Crippen LogP contribution in [0.4, 0.5) is 0 Å². The van der Waals surface area contributed by atoms with Crippen molar-refractivity contribution in [2.24, 2.45) is 5.92 Å². The molecule has 3 atom stereocenters. The summed E-state index contributed by atoms with van der Waals surface area (Å²) in [7, 11) is 0. The summed E-state index contributed by atoms with van der Waals surface area (Å²) in [4.78, 5) is 0. The monoisotopic (exact) mass is 134 g/mol. The number of rotatable bonds is 1. The summed E-state index contributed by atoms with van der Waals surface area (Å²) in [5, 5.41) is 26.2. The highest BCUT2D eigenvalue weighted by Gasteiger charge is 2.33. The van der Waals surface area contributed by atoms with Crippen LogP contribution in [0.3, 0.4) is 0 Å². The van der Waals surface area contributed by atoms with E-state index < -0.39 is 18.3 Å². The molecule has 0 unspecified atom stereocenters. The number of hydrogen-bond donors (Lipinski definition) is 3. The van der Waals surface area contributed by atoms with E-state index in [9.17, 15) is 0 Å². The Hall–Kier alpha value is -0.160. The second-order valence-electron chi connectivity index (χ2n) is 2.14. The first kappa shape index (κ1) is 6.95. The zero-order valence-electron chi connectivity index (χ0n) is 4.90. The Morgan fingerprint density at radius 3 is 2.33 bits per heavy atom. The number of ether oxygens (including phenoxy) is 1. The van der Waals surface area contributed by atoms with Gasteiger partial charge in [-0.3, -0.25) is 0 Å². The van der Waals surface area contributed by atoms with Crippen LogP contribution in [0.1, 0.15) is 0 Å². The van der Waals surface area contributed by atoms with E-state index in [1.54, 1.807) is 0 Å². The highest BCUT2D eigenvalue weighted by molar-refractivity contribution is 4.75. The first-order chi connectivity index (χ1) is 4.25. The van der Waals surface area contributed by atoms with Crippen LogP contribution in [0, 0.1) is 5.92 Å². The van der Waals surface area contributed by atoms with Crippen LogP contribution in [-0.4, -0.2) is 40.9 Å². The van der Waals surface area contributed by atoms with Crippen LogP contribution in [-0.2, 0) is 4.74 Å². The van der Waals surface area contributed by atoms with Crippen molar-refractivity contribution in [2.75, 3.05) is 13.2 Å². The highest BCUT2D eigenvalue weighted by Crippen LogP contribution is 2.18. The van der Waals surface area contributed by atoms with Crippen molar-refractivity contribution >= 4 is 0 Å². The molecule has 1 aliphatic rings. The lowest BCUT2D eigenvalue weighted by molar-refractivity contribution is -0.0913. The van der Waals surface area contributed by atoms with Crippen LogP contribution in [0.15, 0.2) is 0 Å².